The molecule has 0 saturated heterocycles. The Morgan fingerprint density at radius 2 is 1.67 bits per heavy atom. The van der Waals surface area contributed by atoms with E-state index in [0.717, 1.165) is 5.56 Å². The summed E-state index contributed by atoms with van der Waals surface area (Å²) >= 11 is 0. The highest BCUT2D eigenvalue weighted by Crippen LogP contribution is 2.29. The maximum Gasteiger partial charge on any atom is 0.306 e. The fourth-order valence-corrected chi connectivity index (χ4v) is 2.09. The monoisotopic (exact) mass is 291 g/mol. The van der Waals surface area contributed by atoms with Gasteiger partial charge in [-0.3, -0.25) is 0 Å². The van der Waals surface area contributed by atoms with E-state index in [1.54, 1.807) is 30.3 Å². The molecule has 0 heterocycles. The van der Waals surface area contributed by atoms with Gasteiger partial charge in [-0.15, -0.1) is 0 Å². The van der Waals surface area contributed by atoms with Crippen LogP contribution in [0.3, 0.4) is 0 Å². The zero-order valence-electron chi connectivity index (χ0n) is 11.9. The molecule has 2 aromatic carbocycles. The van der Waals surface area contributed by atoms with E-state index in [9.17, 15) is 8.78 Å². The van der Waals surface area contributed by atoms with Crippen molar-refractivity contribution in [3.05, 3.63) is 65.7 Å². The maximum atomic E-state index is 14.1. The van der Waals surface area contributed by atoms with Gasteiger partial charge in [0.2, 0.25) is 0 Å². The highest BCUT2D eigenvalue weighted by atomic mass is 19.3. The number of hydrogen-bond donors (Lipinski definition) is 1. The normalized spacial score (nSPS) is 13.0. The molecule has 0 aromatic heterocycles. The molecule has 2 rings (SSSR count). The molecule has 0 aliphatic carbocycles. The molecular weight excluding hydrogens is 272 g/mol. The van der Waals surface area contributed by atoms with Crippen molar-refractivity contribution in [2.45, 2.75) is 25.3 Å². The lowest BCUT2D eigenvalue weighted by molar-refractivity contribution is -0.0469. The summed E-state index contributed by atoms with van der Waals surface area (Å²) in [4.78, 5) is 0. The third kappa shape index (κ3) is 4.26. The van der Waals surface area contributed by atoms with Crippen LogP contribution < -0.4 is 10.5 Å². The second kappa shape index (κ2) is 6.68. The number of hydrogen-bond acceptors (Lipinski definition) is 2. The van der Waals surface area contributed by atoms with Gasteiger partial charge in [-0.25, -0.2) is 0 Å². The van der Waals surface area contributed by atoms with Gasteiger partial charge in [0.1, 0.15) is 5.75 Å². The van der Waals surface area contributed by atoms with Crippen LogP contribution in [0.2, 0.25) is 0 Å². The Bertz CT molecular complexity index is 570. The quantitative estimate of drug-likeness (QED) is 0.879. The Kier molecular flexibility index (Phi) is 4.91. The van der Waals surface area contributed by atoms with E-state index in [-0.39, 0.29) is 11.6 Å². The summed E-state index contributed by atoms with van der Waals surface area (Å²) in [6.45, 7) is 1.18. The van der Waals surface area contributed by atoms with Gasteiger partial charge in [0.25, 0.3) is 0 Å². The summed E-state index contributed by atoms with van der Waals surface area (Å²) in [5, 5.41) is 0. The fraction of sp³-hybridized carbons (Fsp3) is 0.294. The van der Waals surface area contributed by atoms with Gasteiger partial charge in [-0.2, -0.15) is 8.78 Å². The van der Waals surface area contributed by atoms with Crippen molar-refractivity contribution in [3.8, 4) is 5.75 Å². The first kappa shape index (κ1) is 15.4. The summed E-state index contributed by atoms with van der Waals surface area (Å²) in [6, 6.07) is 14.8. The predicted octanol–water partition coefficient (Wildman–Crippen LogP) is 3.75. The van der Waals surface area contributed by atoms with E-state index in [1.165, 1.54) is 12.1 Å². The molecule has 2 aromatic rings. The minimum Gasteiger partial charge on any atom is -0.487 e. The summed E-state index contributed by atoms with van der Waals surface area (Å²) < 4.78 is 33.5. The van der Waals surface area contributed by atoms with E-state index in [4.69, 9.17) is 10.5 Å². The molecule has 21 heavy (non-hydrogen) atoms. The van der Waals surface area contributed by atoms with E-state index >= 15 is 0 Å². The van der Waals surface area contributed by atoms with Crippen LogP contribution in [-0.2, 0) is 12.3 Å². The van der Waals surface area contributed by atoms with Crippen molar-refractivity contribution in [2.75, 3.05) is 6.61 Å². The van der Waals surface area contributed by atoms with Crippen LogP contribution in [0, 0.1) is 0 Å². The molecule has 0 amide bonds. The third-order valence-corrected chi connectivity index (χ3v) is 3.12. The van der Waals surface area contributed by atoms with Gasteiger partial charge in [0.15, 0.2) is 6.61 Å². The van der Waals surface area contributed by atoms with E-state index < -0.39 is 12.5 Å². The van der Waals surface area contributed by atoms with Gasteiger partial charge in [0, 0.05) is 11.6 Å². The average molecular weight is 291 g/mol. The number of ether oxygens (including phenoxy) is 1. The van der Waals surface area contributed by atoms with Crippen LogP contribution in [0.1, 0.15) is 18.1 Å². The van der Waals surface area contributed by atoms with Gasteiger partial charge < -0.3 is 10.5 Å². The van der Waals surface area contributed by atoms with Gasteiger partial charge in [-0.05, 0) is 25.0 Å². The lowest BCUT2D eigenvalue weighted by Gasteiger charge is -2.19. The number of rotatable bonds is 6. The SMILES string of the molecule is CC(N)Cc1ccccc1OCC(F)(F)c1ccccc1. The molecule has 2 N–H and O–H groups in total. The first-order chi connectivity index (χ1) is 9.99. The zero-order valence-corrected chi connectivity index (χ0v) is 11.9. The molecule has 112 valence electrons. The van der Waals surface area contributed by atoms with Crippen molar-refractivity contribution in [3.63, 3.8) is 0 Å². The Balaban J connectivity index is 2.09. The predicted molar refractivity (Wildman–Crippen MR) is 79.6 cm³/mol. The van der Waals surface area contributed by atoms with Crippen molar-refractivity contribution in [1.29, 1.82) is 0 Å². The fourth-order valence-electron chi connectivity index (χ4n) is 2.09. The minimum absolute atomic E-state index is 0.0466. The Hall–Kier alpha value is -1.94. The number of alkyl halides is 2. The van der Waals surface area contributed by atoms with Gasteiger partial charge >= 0.3 is 5.92 Å². The number of benzene rings is 2. The van der Waals surface area contributed by atoms with Crippen LogP contribution in [0.5, 0.6) is 5.75 Å². The molecule has 0 radical (unpaired) electrons. The average Bonchev–Trinajstić information content (AvgIpc) is 2.47. The summed E-state index contributed by atoms with van der Waals surface area (Å²) in [6.07, 6.45) is 0.590. The number of para-hydroxylation sites is 1. The molecular formula is C17H19F2NO. The molecule has 0 spiro atoms. The van der Waals surface area contributed by atoms with Gasteiger partial charge in [-0.1, -0.05) is 48.5 Å². The molecule has 4 heteroatoms. The van der Waals surface area contributed by atoms with Crippen molar-refractivity contribution in [1.82, 2.24) is 0 Å². The molecule has 0 fully saturated rings. The summed E-state index contributed by atoms with van der Waals surface area (Å²) in [5.41, 5.74) is 6.56. The van der Waals surface area contributed by atoms with Crippen LogP contribution >= 0.6 is 0 Å². The lowest BCUT2D eigenvalue weighted by Crippen LogP contribution is -2.24. The molecule has 2 nitrogen and oxygen atoms in total. The topological polar surface area (TPSA) is 35.2 Å². The van der Waals surface area contributed by atoms with Crippen molar-refractivity contribution < 1.29 is 13.5 Å². The van der Waals surface area contributed by atoms with Crippen molar-refractivity contribution >= 4 is 0 Å². The lowest BCUT2D eigenvalue weighted by atomic mass is 10.1. The smallest absolute Gasteiger partial charge is 0.306 e. The highest BCUT2D eigenvalue weighted by Gasteiger charge is 2.32. The zero-order chi connectivity index (χ0) is 15.3. The number of nitrogens with two attached hydrogens (primary N) is 1. The minimum atomic E-state index is -3.03. The van der Waals surface area contributed by atoms with E-state index in [2.05, 4.69) is 0 Å². The second-order valence-corrected chi connectivity index (χ2v) is 5.15. The van der Waals surface area contributed by atoms with Crippen LogP contribution in [-0.4, -0.2) is 12.6 Å². The maximum absolute atomic E-state index is 14.1. The number of halogens is 2. The first-order valence-electron chi connectivity index (χ1n) is 6.88. The molecule has 1 unspecified atom stereocenters. The standard InChI is InChI=1S/C17H19F2NO/c1-13(20)11-14-7-5-6-10-16(14)21-12-17(18,19)15-8-3-2-4-9-15/h2-10,13H,11-12,20H2,1H3. The third-order valence-electron chi connectivity index (χ3n) is 3.12. The van der Waals surface area contributed by atoms with Crippen LogP contribution in [0.15, 0.2) is 54.6 Å². The Morgan fingerprint density at radius 1 is 1.05 bits per heavy atom. The Labute approximate surface area is 123 Å². The first-order valence-corrected chi connectivity index (χ1v) is 6.88. The van der Waals surface area contributed by atoms with E-state index in [1.807, 2.05) is 19.1 Å². The van der Waals surface area contributed by atoms with Crippen LogP contribution in [0.4, 0.5) is 8.78 Å². The van der Waals surface area contributed by atoms with Crippen LogP contribution in [0.25, 0.3) is 0 Å². The highest BCUT2D eigenvalue weighted by molar-refractivity contribution is 5.34. The molecule has 0 aliphatic heterocycles. The largest absolute Gasteiger partial charge is 0.487 e. The summed E-state index contributed by atoms with van der Waals surface area (Å²) in [5.74, 6) is -2.56. The van der Waals surface area contributed by atoms with Crippen molar-refractivity contribution in [2.24, 2.45) is 5.73 Å². The second-order valence-electron chi connectivity index (χ2n) is 5.15. The molecule has 0 aliphatic rings. The molecule has 0 bridgehead atoms. The molecule has 1 atom stereocenters. The molecule has 0 saturated carbocycles. The summed E-state index contributed by atoms with van der Waals surface area (Å²) in [7, 11) is 0. The van der Waals surface area contributed by atoms with Gasteiger partial charge in [0.05, 0.1) is 0 Å². The van der Waals surface area contributed by atoms with E-state index in [0.29, 0.717) is 12.2 Å². The Morgan fingerprint density at radius 3 is 2.33 bits per heavy atom.